The van der Waals surface area contributed by atoms with E-state index in [1.54, 1.807) is 12.1 Å². The van der Waals surface area contributed by atoms with Crippen molar-refractivity contribution in [2.45, 2.75) is 18.9 Å². The Morgan fingerprint density at radius 2 is 1.50 bits per heavy atom. The van der Waals surface area contributed by atoms with Crippen LogP contribution in [-0.2, 0) is 12.8 Å². The lowest BCUT2D eigenvalue weighted by atomic mass is 9.99. The largest absolute Gasteiger partial charge is 0.327 e. The molecule has 2 aromatic carbocycles. The molecule has 0 fully saturated rings. The third-order valence-corrected chi connectivity index (χ3v) is 3.25. The first kappa shape index (κ1) is 13.1. The Kier molecular flexibility index (Phi) is 4.34. The van der Waals surface area contributed by atoms with Gasteiger partial charge in [0.25, 0.3) is 0 Å². The second kappa shape index (κ2) is 5.98. The van der Waals surface area contributed by atoms with E-state index in [0.29, 0.717) is 23.4 Å². The summed E-state index contributed by atoms with van der Waals surface area (Å²) in [6.07, 6.45) is 1.16. The highest BCUT2D eigenvalue weighted by atomic mass is 35.5. The van der Waals surface area contributed by atoms with Crippen LogP contribution < -0.4 is 5.73 Å². The molecule has 94 valence electrons. The maximum absolute atomic E-state index is 13.5. The number of hydrogen-bond acceptors (Lipinski definition) is 1. The minimum atomic E-state index is -0.202. The molecule has 0 spiro atoms. The monoisotopic (exact) mass is 263 g/mol. The molecule has 0 aliphatic carbocycles. The molecule has 2 N–H and O–H groups in total. The zero-order valence-corrected chi connectivity index (χ0v) is 10.7. The lowest BCUT2D eigenvalue weighted by molar-refractivity contribution is 0.584. The molecule has 2 rings (SSSR count). The third-order valence-electron chi connectivity index (χ3n) is 2.88. The maximum atomic E-state index is 13.5. The molecular formula is C15H15ClFN. The minimum absolute atomic E-state index is 0.137. The van der Waals surface area contributed by atoms with E-state index < -0.39 is 0 Å². The second-order valence-electron chi connectivity index (χ2n) is 4.35. The minimum Gasteiger partial charge on any atom is -0.327 e. The number of rotatable bonds is 4. The first-order chi connectivity index (χ1) is 8.66. The van der Waals surface area contributed by atoms with E-state index >= 15 is 0 Å². The van der Waals surface area contributed by atoms with E-state index in [1.165, 1.54) is 6.07 Å². The fourth-order valence-corrected chi connectivity index (χ4v) is 2.18. The van der Waals surface area contributed by atoms with Gasteiger partial charge >= 0.3 is 0 Å². The number of hydrogen-bond donors (Lipinski definition) is 1. The molecule has 2 aromatic rings. The summed E-state index contributed by atoms with van der Waals surface area (Å²) >= 11 is 6.07. The summed E-state index contributed by atoms with van der Waals surface area (Å²) < 4.78 is 13.5. The molecule has 0 saturated carbocycles. The maximum Gasteiger partial charge on any atom is 0.126 e. The molecule has 0 aliphatic rings. The molecule has 0 aromatic heterocycles. The Labute approximate surface area is 111 Å². The van der Waals surface area contributed by atoms with E-state index in [2.05, 4.69) is 0 Å². The van der Waals surface area contributed by atoms with Gasteiger partial charge in [-0.1, -0.05) is 48.0 Å². The molecule has 0 saturated heterocycles. The molecule has 0 amide bonds. The lowest BCUT2D eigenvalue weighted by Crippen LogP contribution is -2.26. The van der Waals surface area contributed by atoms with E-state index in [4.69, 9.17) is 17.3 Å². The predicted molar refractivity (Wildman–Crippen MR) is 73.2 cm³/mol. The highest BCUT2D eigenvalue weighted by Crippen LogP contribution is 2.18. The zero-order valence-electron chi connectivity index (χ0n) is 9.94. The molecule has 3 heteroatoms. The van der Waals surface area contributed by atoms with Crippen molar-refractivity contribution in [1.29, 1.82) is 0 Å². The van der Waals surface area contributed by atoms with E-state index in [9.17, 15) is 4.39 Å². The van der Waals surface area contributed by atoms with Gasteiger partial charge in [0.15, 0.2) is 0 Å². The number of nitrogens with two attached hydrogens (primary N) is 1. The average Bonchev–Trinajstić information content (AvgIpc) is 2.35. The highest BCUT2D eigenvalue weighted by Gasteiger charge is 2.10. The normalized spacial score (nSPS) is 12.4. The van der Waals surface area contributed by atoms with E-state index in [0.717, 1.165) is 5.56 Å². The molecule has 18 heavy (non-hydrogen) atoms. The molecular weight excluding hydrogens is 249 g/mol. The quantitative estimate of drug-likeness (QED) is 0.896. The van der Waals surface area contributed by atoms with Crippen LogP contribution >= 0.6 is 11.6 Å². The van der Waals surface area contributed by atoms with Crippen molar-refractivity contribution in [3.63, 3.8) is 0 Å². The molecule has 1 atom stereocenters. The highest BCUT2D eigenvalue weighted by molar-refractivity contribution is 6.31. The Bertz CT molecular complexity index is 480. The van der Waals surface area contributed by atoms with Crippen LogP contribution in [0.3, 0.4) is 0 Å². The molecule has 1 nitrogen and oxygen atoms in total. The van der Waals surface area contributed by atoms with Crippen molar-refractivity contribution < 1.29 is 4.39 Å². The van der Waals surface area contributed by atoms with Crippen LogP contribution in [-0.4, -0.2) is 6.04 Å². The average molecular weight is 264 g/mol. The summed E-state index contributed by atoms with van der Waals surface area (Å²) in [6.45, 7) is 0. The third kappa shape index (κ3) is 3.31. The molecule has 0 bridgehead atoms. The van der Waals surface area contributed by atoms with Crippen molar-refractivity contribution in [3.05, 3.63) is 70.5 Å². The smallest absolute Gasteiger partial charge is 0.126 e. The van der Waals surface area contributed by atoms with Crippen LogP contribution in [0.25, 0.3) is 0 Å². The van der Waals surface area contributed by atoms with Gasteiger partial charge in [0.1, 0.15) is 5.82 Å². The van der Waals surface area contributed by atoms with E-state index in [1.807, 2.05) is 30.3 Å². The summed E-state index contributed by atoms with van der Waals surface area (Å²) in [4.78, 5) is 0. The topological polar surface area (TPSA) is 26.0 Å². The fraction of sp³-hybridized carbons (Fsp3) is 0.200. The van der Waals surface area contributed by atoms with Crippen LogP contribution in [0.5, 0.6) is 0 Å². The first-order valence-corrected chi connectivity index (χ1v) is 6.27. The Balaban J connectivity index is 2.04. The van der Waals surface area contributed by atoms with Crippen LogP contribution in [0, 0.1) is 5.82 Å². The molecule has 0 heterocycles. The summed E-state index contributed by atoms with van der Waals surface area (Å²) in [6, 6.07) is 14.2. The summed E-state index contributed by atoms with van der Waals surface area (Å²) in [5.74, 6) is -0.202. The summed E-state index contributed by atoms with van der Waals surface area (Å²) in [5.41, 5.74) is 7.70. The lowest BCUT2D eigenvalue weighted by Gasteiger charge is -2.13. The predicted octanol–water partition coefficient (Wildman–Crippen LogP) is 3.59. The zero-order chi connectivity index (χ0) is 13.0. The summed E-state index contributed by atoms with van der Waals surface area (Å²) in [5, 5.41) is 0.710. The standard InChI is InChI=1S/C15H15ClFN/c16-14-7-3-1-5-11(14)9-13(18)10-12-6-2-4-8-15(12)17/h1-8,13H,9-10,18H2. The van der Waals surface area contributed by atoms with E-state index in [-0.39, 0.29) is 11.9 Å². The van der Waals surface area contributed by atoms with Gasteiger partial charge in [-0.25, -0.2) is 4.39 Å². The van der Waals surface area contributed by atoms with Gasteiger partial charge in [-0.15, -0.1) is 0 Å². The number of halogens is 2. The number of benzene rings is 2. The SMILES string of the molecule is NC(Cc1ccccc1F)Cc1ccccc1Cl. The van der Waals surface area contributed by atoms with Crippen LogP contribution in [0.2, 0.25) is 5.02 Å². The van der Waals surface area contributed by atoms with Crippen LogP contribution in [0.1, 0.15) is 11.1 Å². The Hall–Kier alpha value is -1.38. The van der Waals surface area contributed by atoms with Gasteiger partial charge < -0.3 is 5.73 Å². The van der Waals surface area contributed by atoms with Gasteiger partial charge in [0.2, 0.25) is 0 Å². The first-order valence-electron chi connectivity index (χ1n) is 5.89. The van der Waals surface area contributed by atoms with Gasteiger partial charge in [-0.3, -0.25) is 0 Å². The molecule has 1 unspecified atom stereocenters. The molecule has 0 aliphatic heterocycles. The second-order valence-corrected chi connectivity index (χ2v) is 4.76. The Morgan fingerprint density at radius 1 is 0.944 bits per heavy atom. The van der Waals surface area contributed by atoms with Crippen molar-refractivity contribution in [2.24, 2.45) is 5.73 Å². The molecule has 0 radical (unpaired) electrons. The Morgan fingerprint density at radius 3 is 2.17 bits per heavy atom. The van der Waals surface area contributed by atoms with Crippen molar-refractivity contribution in [3.8, 4) is 0 Å². The van der Waals surface area contributed by atoms with Gasteiger partial charge in [-0.05, 0) is 36.1 Å². The van der Waals surface area contributed by atoms with Gasteiger partial charge in [0.05, 0.1) is 0 Å². The van der Waals surface area contributed by atoms with Crippen molar-refractivity contribution in [2.75, 3.05) is 0 Å². The fourth-order valence-electron chi connectivity index (χ4n) is 1.96. The van der Waals surface area contributed by atoms with Gasteiger partial charge in [-0.2, -0.15) is 0 Å². The van der Waals surface area contributed by atoms with Crippen LogP contribution in [0.4, 0.5) is 4.39 Å². The van der Waals surface area contributed by atoms with Crippen molar-refractivity contribution in [1.82, 2.24) is 0 Å². The van der Waals surface area contributed by atoms with Gasteiger partial charge in [0, 0.05) is 11.1 Å². The summed E-state index contributed by atoms with van der Waals surface area (Å²) in [7, 11) is 0. The van der Waals surface area contributed by atoms with Crippen molar-refractivity contribution >= 4 is 11.6 Å². The van der Waals surface area contributed by atoms with Crippen LogP contribution in [0.15, 0.2) is 48.5 Å².